The minimum atomic E-state index is -3.74. The first-order valence-electron chi connectivity index (χ1n) is 10.3. The van der Waals surface area contributed by atoms with Crippen molar-refractivity contribution in [2.45, 2.75) is 24.3 Å². The minimum absolute atomic E-state index is 0.0131. The highest BCUT2D eigenvalue weighted by atomic mass is 35.5. The Labute approximate surface area is 192 Å². The molecule has 2 fully saturated rings. The summed E-state index contributed by atoms with van der Waals surface area (Å²) < 4.78 is 32.8. The van der Waals surface area contributed by atoms with E-state index in [0.717, 1.165) is 25.4 Å². The van der Waals surface area contributed by atoms with Crippen LogP contribution in [0.3, 0.4) is 0 Å². The molecule has 7 nitrogen and oxygen atoms in total. The maximum absolute atomic E-state index is 13.0. The summed E-state index contributed by atoms with van der Waals surface area (Å²) >= 11 is 12.1. The van der Waals surface area contributed by atoms with Gasteiger partial charge in [-0.05, 0) is 43.2 Å². The van der Waals surface area contributed by atoms with Gasteiger partial charge in [-0.15, -0.1) is 0 Å². The van der Waals surface area contributed by atoms with E-state index in [1.807, 2.05) is 17.0 Å². The van der Waals surface area contributed by atoms with Gasteiger partial charge in [0.05, 0.1) is 17.8 Å². The molecule has 2 aliphatic rings. The van der Waals surface area contributed by atoms with Crippen LogP contribution in [0.25, 0.3) is 0 Å². The predicted octanol–water partition coefficient (Wildman–Crippen LogP) is 3.33. The van der Waals surface area contributed by atoms with Crippen molar-refractivity contribution in [2.75, 3.05) is 39.3 Å². The maximum Gasteiger partial charge on any atom is 0.244 e. The molecule has 1 aromatic heterocycles. The van der Waals surface area contributed by atoms with Crippen LogP contribution in [0.2, 0.25) is 10.0 Å². The van der Waals surface area contributed by atoms with Crippen LogP contribution in [-0.2, 0) is 21.4 Å². The Balaban J connectivity index is 1.30. The third kappa shape index (κ3) is 5.09. The van der Waals surface area contributed by atoms with Crippen molar-refractivity contribution >= 4 is 39.1 Å². The van der Waals surface area contributed by atoms with Crippen LogP contribution in [0.4, 0.5) is 0 Å². The van der Waals surface area contributed by atoms with Gasteiger partial charge in [-0.1, -0.05) is 23.2 Å². The average Bonchev–Trinajstić information content (AvgIpc) is 3.28. The van der Waals surface area contributed by atoms with Crippen LogP contribution in [-0.4, -0.2) is 67.7 Å². The molecule has 0 spiro atoms. The molecule has 31 heavy (non-hydrogen) atoms. The van der Waals surface area contributed by atoms with Gasteiger partial charge < -0.3 is 9.32 Å². The quantitative estimate of drug-likeness (QED) is 0.649. The molecule has 2 saturated heterocycles. The first-order valence-corrected chi connectivity index (χ1v) is 12.5. The molecule has 0 bridgehead atoms. The normalized spacial score (nSPS) is 19.6. The van der Waals surface area contributed by atoms with Crippen molar-refractivity contribution in [3.8, 4) is 0 Å². The summed E-state index contributed by atoms with van der Waals surface area (Å²) in [5, 5.41) is 0.467. The summed E-state index contributed by atoms with van der Waals surface area (Å²) in [6.45, 7) is 4.28. The molecule has 1 amide bonds. The molecule has 0 radical (unpaired) electrons. The van der Waals surface area contributed by atoms with Crippen molar-refractivity contribution in [1.29, 1.82) is 0 Å². The number of rotatable bonds is 5. The largest absolute Gasteiger partial charge is 0.468 e. The van der Waals surface area contributed by atoms with E-state index in [4.69, 9.17) is 27.6 Å². The minimum Gasteiger partial charge on any atom is -0.468 e. The molecule has 4 rings (SSSR count). The number of carbonyl (C=O) groups excluding carboxylic acids is 1. The monoisotopic (exact) mass is 485 g/mol. The zero-order valence-corrected chi connectivity index (χ0v) is 19.4. The van der Waals surface area contributed by atoms with Gasteiger partial charge in [0.25, 0.3) is 0 Å². The molecule has 10 heteroatoms. The fourth-order valence-electron chi connectivity index (χ4n) is 4.16. The van der Waals surface area contributed by atoms with Crippen molar-refractivity contribution in [1.82, 2.24) is 14.1 Å². The highest BCUT2D eigenvalue weighted by Crippen LogP contribution is 2.31. The van der Waals surface area contributed by atoms with Crippen LogP contribution < -0.4 is 0 Å². The van der Waals surface area contributed by atoms with Crippen LogP contribution in [0.15, 0.2) is 45.9 Å². The lowest BCUT2D eigenvalue weighted by Crippen LogP contribution is -2.51. The van der Waals surface area contributed by atoms with E-state index in [1.54, 1.807) is 12.3 Å². The number of piperazine rings is 1. The number of amides is 1. The molecule has 1 aromatic carbocycles. The van der Waals surface area contributed by atoms with E-state index >= 15 is 0 Å². The second-order valence-electron chi connectivity index (χ2n) is 7.93. The van der Waals surface area contributed by atoms with E-state index in [2.05, 4.69) is 4.90 Å². The second-order valence-corrected chi connectivity index (χ2v) is 10.7. The third-order valence-corrected chi connectivity index (χ3v) is 8.57. The number of benzene rings is 1. The number of nitrogens with zero attached hydrogens (tertiary/aromatic N) is 3. The Hall–Kier alpha value is -1.58. The lowest BCUT2D eigenvalue weighted by molar-refractivity contribution is -0.138. The number of hydrogen-bond donors (Lipinski definition) is 0. The van der Waals surface area contributed by atoms with Crippen LogP contribution >= 0.6 is 23.2 Å². The Kier molecular flexibility index (Phi) is 6.93. The molecule has 2 aliphatic heterocycles. The number of halogens is 2. The van der Waals surface area contributed by atoms with Gasteiger partial charge in [0.1, 0.15) is 10.7 Å². The summed E-state index contributed by atoms with van der Waals surface area (Å²) in [7, 11) is -3.74. The summed E-state index contributed by atoms with van der Waals surface area (Å²) in [4.78, 5) is 17.2. The molecule has 0 aliphatic carbocycles. The smallest absolute Gasteiger partial charge is 0.244 e. The number of carbonyl (C=O) groups is 1. The first kappa shape index (κ1) is 22.6. The number of furan rings is 1. The molecular weight excluding hydrogens is 461 g/mol. The number of sulfonamides is 1. The van der Waals surface area contributed by atoms with E-state index in [9.17, 15) is 13.2 Å². The van der Waals surface area contributed by atoms with Gasteiger partial charge in [-0.25, -0.2) is 8.42 Å². The molecule has 0 unspecified atom stereocenters. The third-order valence-electron chi connectivity index (χ3n) is 5.96. The lowest BCUT2D eigenvalue weighted by atomic mass is 9.96. The van der Waals surface area contributed by atoms with Crippen molar-refractivity contribution in [2.24, 2.45) is 5.92 Å². The first-order chi connectivity index (χ1) is 14.8. The van der Waals surface area contributed by atoms with Crippen molar-refractivity contribution in [3.63, 3.8) is 0 Å². The van der Waals surface area contributed by atoms with Gasteiger partial charge >= 0.3 is 0 Å². The fraction of sp³-hybridized carbons (Fsp3) is 0.476. The van der Waals surface area contributed by atoms with Crippen LogP contribution in [0.5, 0.6) is 0 Å². The van der Waals surface area contributed by atoms with E-state index < -0.39 is 10.0 Å². The van der Waals surface area contributed by atoms with Gasteiger partial charge in [-0.3, -0.25) is 9.69 Å². The SMILES string of the molecule is O=C(C1CCN(S(=O)(=O)c2cc(Cl)ccc2Cl)CC1)N1CCN(Cc2ccco2)CC1. The summed E-state index contributed by atoms with van der Waals surface area (Å²) in [6.07, 6.45) is 2.67. The Morgan fingerprint density at radius 3 is 2.39 bits per heavy atom. The molecule has 0 saturated carbocycles. The summed E-state index contributed by atoms with van der Waals surface area (Å²) in [6, 6.07) is 8.25. The van der Waals surface area contributed by atoms with E-state index in [0.29, 0.717) is 44.0 Å². The van der Waals surface area contributed by atoms with E-state index in [-0.39, 0.29) is 21.7 Å². The summed E-state index contributed by atoms with van der Waals surface area (Å²) in [5.74, 6) is 0.890. The van der Waals surface area contributed by atoms with Gasteiger partial charge in [0, 0.05) is 50.2 Å². The average molecular weight is 486 g/mol. The summed E-state index contributed by atoms with van der Waals surface area (Å²) in [5.41, 5.74) is 0. The standard InChI is InChI=1S/C21H25Cl2N3O4S/c22-17-3-4-19(23)20(14-17)31(28,29)26-7-5-16(6-8-26)21(27)25-11-9-24(10-12-25)15-18-2-1-13-30-18/h1-4,13-14,16H,5-12,15H2. The maximum atomic E-state index is 13.0. The molecule has 2 aromatic rings. The van der Waals surface area contributed by atoms with Gasteiger partial charge in [-0.2, -0.15) is 4.31 Å². The predicted molar refractivity (Wildman–Crippen MR) is 119 cm³/mol. The molecule has 168 valence electrons. The van der Waals surface area contributed by atoms with Gasteiger partial charge in [0.15, 0.2) is 0 Å². The zero-order chi connectivity index (χ0) is 22.0. The Morgan fingerprint density at radius 2 is 1.74 bits per heavy atom. The number of piperidine rings is 1. The second kappa shape index (κ2) is 9.50. The highest BCUT2D eigenvalue weighted by Gasteiger charge is 2.35. The van der Waals surface area contributed by atoms with E-state index in [1.165, 1.54) is 16.4 Å². The molecular formula is C21H25Cl2N3O4S. The highest BCUT2D eigenvalue weighted by molar-refractivity contribution is 7.89. The van der Waals surface area contributed by atoms with Crippen molar-refractivity contribution in [3.05, 3.63) is 52.4 Å². The molecule has 0 N–H and O–H groups in total. The molecule has 0 atom stereocenters. The van der Waals surface area contributed by atoms with Crippen LogP contribution in [0, 0.1) is 5.92 Å². The zero-order valence-electron chi connectivity index (χ0n) is 17.0. The topological polar surface area (TPSA) is 74.1 Å². The van der Waals surface area contributed by atoms with Gasteiger partial charge in [0.2, 0.25) is 15.9 Å². The van der Waals surface area contributed by atoms with Crippen LogP contribution in [0.1, 0.15) is 18.6 Å². The lowest BCUT2D eigenvalue weighted by Gasteiger charge is -2.38. The number of hydrogen-bond acceptors (Lipinski definition) is 5. The molecule has 3 heterocycles. The Morgan fingerprint density at radius 1 is 1.03 bits per heavy atom. The Bertz CT molecular complexity index is 1010. The fourth-order valence-corrected chi connectivity index (χ4v) is 6.37. The van der Waals surface area contributed by atoms with Crippen molar-refractivity contribution < 1.29 is 17.6 Å².